The van der Waals surface area contributed by atoms with Gasteiger partial charge in [-0.25, -0.2) is 13.1 Å². The predicted octanol–water partition coefficient (Wildman–Crippen LogP) is 0.709. The van der Waals surface area contributed by atoms with Gasteiger partial charge in [0.25, 0.3) is 0 Å². The highest BCUT2D eigenvalue weighted by Crippen LogP contribution is 2.00. The van der Waals surface area contributed by atoms with E-state index in [0.29, 0.717) is 11.4 Å². The Morgan fingerprint density at radius 3 is 2.40 bits per heavy atom. The molecule has 5 heteroatoms. The zero-order valence-corrected chi connectivity index (χ0v) is 8.50. The molecular weight excluding hydrogens is 218 g/mol. The van der Waals surface area contributed by atoms with Gasteiger partial charge in [0.1, 0.15) is 0 Å². The van der Waals surface area contributed by atoms with E-state index in [-0.39, 0.29) is 0 Å². The monoisotopic (exact) mass is 229 g/mol. The van der Waals surface area contributed by atoms with Gasteiger partial charge in [0.05, 0.1) is 6.26 Å². The van der Waals surface area contributed by atoms with E-state index in [4.69, 9.17) is 0 Å². The molecule has 1 atom stereocenters. The van der Waals surface area contributed by atoms with Crippen LogP contribution >= 0.6 is 15.9 Å². The van der Waals surface area contributed by atoms with Crippen molar-refractivity contribution in [3.05, 3.63) is 0 Å². The summed E-state index contributed by atoms with van der Waals surface area (Å²) in [4.78, 5) is 0.363. The maximum absolute atomic E-state index is 10.5. The molecule has 62 valence electrons. The second kappa shape index (κ2) is 4.31. The van der Waals surface area contributed by atoms with E-state index in [1.165, 1.54) is 0 Å². The normalized spacial score (nSPS) is 15.1. The van der Waals surface area contributed by atoms with Gasteiger partial charge in [0.2, 0.25) is 10.0 Å². The molecule has 0 aliphatic carbocycles. The molecule has 0 heterocycles. The van der Waals surface area contributed by atoms with E-state index in [1.807, 2.05) is 6.92 Å². The van der Waals surface area contributed by atoms with Crippen molar-refractivity contribution < 1.29 is 8.42 Å². The first kappa shape index (κ1) is 10.4. The maximum Gasteiger partial charge on any atom is 0.208 e. The van der Waals surface area contributed by atoms with Crippen molar-refractivity contribution in [2.45, 2.75) is 18.2 Å². The van der Waals surface area contributed by atoms with Crippen molar-refractivity contribution >= 4 is 26.0 Å². The van der Waals surface area contributed by atoms with Crippen LogP contribution in [0.2, 0.25) is 0 Å². The van der Waals surface area contributed by atoms with Gasteiger partial charge < -0.3 is 0 Å². The first-order valence-corrected chi connectivity index (χ1v) is 5.81. The highest BCUT2D eigenvalue weighted by molar-refractivity contribution is 9.09. The van der Waals surface area contributed by atoms with Crippen LogP contribution in [0.4, 0.5) is 0 Å². The van der Waals surface area contributed by atoms with Gasteiger partial charge in [-0.15, -0.1) is 0 Å². The summed E-state index contributed by atoms with van der Waals surface area (Å²) in [5.74, 6) is 0. The van der Waals surface area contributed by atoms with Crippen molar-refractivity contribution in [1.82, 2.24) is 4.72 Å². The molecule has 0 saturated heterocycles. The lowest BCUT2D eigenvalue weighted by molar-refractivity contribution is 0.585. The Morgan fingerprint density at radius 1 is 1.60 bits per heavy atom. The molecule has 0 aromatic heterocycles. The van der Waals surface area contributed by atoms with E-state index >= 15 is 0 Å². The third kappa shape index (κ3) is 8.39. The minimum atomic E-state index is -2.99. The van der Waals surface area contributed by atoms with Gasteiger partial charge in [0.15, 0.2) is 0 Å². The molecule has 0 aliphatic heterocycles. The average molecular weight is 230 g/mol. The summed E-state index contributed by atoms with van der Waals surface area (Å²) >= 11 is 3.31. The summed E-state index contributed by atoms with van der Waals surface area (Å²) in [7, 11) is -2.99. The summed E-state index contributed by atoms with van der Waals surface area (Å²) in [6.45, 7) is 2.48. The lowest BCUT2D eigenvalue weighted by atomic mass is 10.3. The van der Waals surface area contributed by atoms with Gasteiger partial charge >= 0.3 is 0 Å². The van der Waals surface area contributed by atoms with Gasteiger partial charge in [-0.05, 0) is 6.42 Å². The predicted molar refractivity (Wildman–Crippen MR) is 45.9 cm³/mol. The standard InChI is InChI=1S/C5H12BrNO2S/c1-5(6)3-4-7-10(2,8)9/h5,7H,3-4H2,1-2H3. The highest BCUT2D eigenvalue weighted by Gasteiger charge is 2.00. The summed E-state index contributed by atoms with van der Waals surface area (Å²) in [5, 5.41) is 0. The summed E-state index contributed by atoms with van der Waals surface area (Å²) in [6.07, 6.45) is 1.97. The number of sulfonamides is 1. The Labute approximate surface area is 70.4 Å². The fourth-order valence-corrected chi connectivity index (χ4v) is 1.16. The molecule has 0 aromatic rings. The Hall–Kier alpha value is 0.390. The van der Waals surface area contributed by atoms with Crippen LogP contribution in [0.1, 0.15) is 13.3 Å². The summed E-state index contributed by atoms with van der Waals surface area (Å²) < 4.78 is 23.4. The molecule has 0 radical (unpaired) electrons. The molecule has 0 aliphatic rings. The Bertz CT molecular complexity index is 176. The van der Waals surface area contributed by atoms with Crippen LogP contribution in [-0.4, -0.2) is 26.0 Å². The number of nitrogens with one attached hydrogen (secondary N) is 1. The molecule has 3 nitrogen and oxygen atoms in total. The average Bonchev–Trinajstić information content (AvgIpc) is 1.59. The minimum Gasteiger partial charge on any atom is -0.215 e. The molecule has 0 fully saturated rings. The van der Waals surface area contributed by atoms with Gasteiger partial charge in [0, 0.05) is 11.4 Å². The highest BCUT2D eigenvalue weighted by atomic mass is 79.9. The van der Waals surface area contributed by atoms with Crippen LogP contribution in [0, 0.1) is 0 Å². The molecule has 1 unspecified atom stereocenters. The minimum absolute atomic E-state index is 0.363. The molecule has 0 amide bonds. The molecule has 0 aromatic carbocycles. The molecule has 0 rings (SSSR count). The molecule has 0 bridgehead atoms. The zero-order valence-electron chi connectivity index (χ0n) is 6.09. The Kier molecular flexibility index (Phi) is 4.47. The number of rotatable bonds is 4. The number of alkyl halides is 1. The lowest BCUT2D eigenvalue weighted by Gasteiger charge is -2.02. The number of hydrogen-bond acceptors (Lipinski definition) is 2. The van der Waals surface area contributed by atoms with Gasteiger partial charge in [-0.1, -0.05) is 22.9 Å². The van der Waals surface area contributed by atoms with Crippen LogP contribution in [-0.2, 0) is 10.0 Å². The molecule has 1 N–H and O–H groups in total. The topological polar surface area (TPSA) is 46.2 Å². The van der Waals surface area contributed by atoms with Crippen LogP contribution in [0.3, 0.4) is 0 Å². The summed E-state index contributed by atoms with van der Waals surface area (Å²) in [5.41, 5.74) is 0. The largest absolute Gasteiger partial charge is 0.215 e. The third-order valence-corrected chi connectivity index (χ3v) is 2.09. The molecule has 0 saturated carbocycles. The van der Waals surface area contributed by atoms with Gasteiger partial charge in [-0.3, -0.25) is 0 Å². The van der Waals surface area contributed by atoms with Crippen molar-refractivity contribution in [3.8, 4) is 0 Å². The Balaban J connectivity index is 3.39. The van der Waals surface area contributed by atoms with E-state index < -0.39 is 10.0 Å². The fraction of sp³-hybridized carbons (Fsp3) is 1.00. The van der Waals surface area contributed by atoms with E-state index in [0.717, 1.165) is 12.7 Å². The van der Waals surface area contributed by atoms with Crippen molar-refractivity contribution in [2.75, 3.05) is 12.8 Å². The van der Waals surface area contributed by atoms with Gasteiger partial charge in [-0.2, -0.15) is 0 Å². The first-order chi connectivity index (χ1) is 4.42. The van der Waals surface area contributed by atoms with E-state index in [1.54, 1.807) is 0 Å². The van der Waals surface area contributed by atoms with Crippen LogP contribution in [0.25, 0.3) is 0 Å². The summed E-state index contributed by atoms with van der Waals surface area (Å²) in [6, 6.07) is 0. The number of hydrogen-bond donors (Lipinski definition) is 1. The van der Waals surface area contributed by atoms with Crippen LogP contribution < -0.4 is 4.72 Å². The van der Waals surface area contributed by atoms with E-state index in [9.17, 15) is 8.42 Å². The smallest absolute Gasteiger partial charge is 0.208 e. The molecule has 0 spiro atoms. The lowest BCUT2D eigenvalue weighted by Crippen LogP contribution is -2.24. The van der Waals surface area contributed by atoms with Crippen molar-refractivity contribution in [2.24, 2.45) is 0 Å². The Morgan fingerprint density at radius 2 is 2.10 bits per heavy atom. The second-order valence-electron chi connectivity index (χ2n) is 2.24. The third-order valence-electron chi connectivity index (χ3n) is 0.906. The van der Waals surface area contributed by atoms with Crippen molar-refractivity contribution in [1.29, 1.82) is 0 Å². The number of halogens is 1. The maximum atomic E-state index is 10.5. The first-order valence-electron chi connectivity index (χ1n) is 3.00. The van der Waals surface area contributed by atoms with E-state index in [2.05, 4.69) is 20.7 Å². The zero-order chi connectivity index (χ0) is 8.20. The van der Waals surface area contributed by atoms with Crippen molar-refractivity contribution in [3.63, 3.8) is 0 Å². The quantitative estimate of drug-likeness (QED) is 0.723. The molecular formula is C5H12BrNO2S. The fourth-order valence-electron chi connectivity index (χ4n) is 0.443. The second-order valence-corrected chi connectivity index (χ2v) is 5.63. The van der Waals surface area contributed by atoms with Crippen LogP contribution in [0.15, 0.2) is 0 Å². The molecule has 10 heavy (non-hydrogen) atoms. The SMILES string of the molecule is CC(Br)CCNS(C)(=O)=O. The van der Waals surface area contributed by atoms with Crippen LogP contribution in [0.5, 0.6) is 0 Å².